The van der Waals surface area contributed by atoms with Gasteiger partial charge in [-0.25, -0.2) is 0 Å². The van der Waals surface area contributed by atoms with E-state index in [0.29, 0.717) is 17.2 Å². The Balaban J connectivity index is 1.83. The molecule has 0 saturated carbocycles. The second-order valence-electron chi connectivity index (χ2n) is 5.97. The van der Waals surface area contributed by atoms with Crippen molar-refractivity contribution in [1.82, 2.24) is 5.32 Å². The number of carbonyl (C=O) groups is 1. The van der Waals surface area contributed by atoms with Gasteiger partial charge in [0.05, 0.1) is 19.2 Å². The third-order valence-electron chi connectivity index (χ3n) is 3.92. The van der Waals surface area contributed by atoms with Crippen LogP contribution in [0, 0.1) is 12.3 Å². The first kappa shape index (κ1) is 22.9. The fraction of sp³-hybridized carbons (Fsp3) is 0.286. The highest BCUT2D eigenvalue weighted by molar-refractivity contribution is 5.81. The predicted molar refractivity (Wildman–Crippen MR) is 102 cm³/mol. The lowest BCUT2D eigenvalue weighted by molar-refractivity contribution is -0.137. The normalized spacial score (nSPS) is 11.9. The molecule has 160 valence electrons. The topological polar surface area (TPSA) is 77.0 Å². The summed E-state index contributed by atoms with van der Waals surface area (Å²) in [5.74, 6) is 2.92. The molecule has 6 nitrogen and oxygen atoms in total. The van der Waals surface area contributed by atoms with Gasteiger partial charge in [-0.15, -0.1) is 6.42 Å². The third-order valence-corrected chi connectivity index (χ3v) is 3.92. The van der Waals surface area contributed by atoms with Gasteiger partial charge in [0.25, 0.3) is 5.91 Å². The van der Waals surface area contributed by atoms with Crippen LogP contribution in [0.15, 0.2) is 42.5 Å². The van der Waals surface area contributed by atoms with Crippen molar-refractivity contribution in [1.29, 1.82) is 0 Å². The molecule has 0 aliphatic heterocycles. The van der Waals surface area contributed by atoms with Crippen LogP contribution in [0.25, 0.3) is 0 Å². The molecule has 0 aliphatic rings. The van der Waals surface area contributed by atoms with E-state index in [1.165, 1.54) is 7.11 Å². The molecule has 1 unspecified atom stereocenters. The monoisotopic (exact) mass is 423 g/mol. The number of ether oxygens (including phenoxy) is 3. The van der Waals surface area contributed by atoms with Crippen LogP contribution in [0.2, 0.25) is 0 Å². The molecule has 0 saturated heterocycles. The maximum atomic E-state index is 12.6. The molecule has 2 aromatic rings. The molecule has 0 spiro atoms. The van der Waals surface area contributed by atoms with Gasteiger partial charge >= 0.3 is 6.18 Å². The number of nitrogens with one attached hydrogen (secondary N) is 1. The fourth-order valence-electron chi connectivity index (χ4n) is 2.42. The molecule has 2 aromatic carbocycles. The van der Waals surface area contributed by atoms with Crippen LogP contribution >= 0.6 is 0 Å². The number of aliphatic hydroxyl groups is 1. The quantitative estimate of drug-likeness (QED) is 0.479. The summed E-state index contributed by atoms with van der Waals surface area (Å²) in [6, 6.07) is 8.56. The molecule has 9 heteroatoms. The molecule has 0 aromatic heterocycles. The van der Waals surface area contributed by atoms with Crippen molar-refractivity contribution in [3.63, 3.8) is 0 Å². The van der Waals surface area contributed by atoms with Crippen molar-refractivity contribution in [3.8, 4) is 29.6 Å². The molecule has 2 rings (SSSR count). The summed E-state index contributed by atoms with van der Waals surface area (Å²) in [4.78, 5) is 12.0. The summed E-state index contributed by atoms with van der Waals surface area (Å²) < 4.78 is 53.7. The van der Waals surface area contributed by atoms with E-state index >= 15 is 0 Å². The molecule has 0 fully saturated rings. The van der Waals surface area contributed by atoms with Gasteiger partial charge in [-0.2, -0.15) is 13.2 Å². The van der Waals surface area contributed by atoms with Crippen LogP contribution in [-0.4, -0.2) is 37.9 Å². The van der Waals surface area contributed by atoms with Crippen LogP contribution in [0.1, 0.15) is 17.2 Å². The first-order chi connectivity index (χ1) is 14.3. The van der Waals surface area contributed by atoms with Gasteiger partial charge in [-0.1, -0.05) is 18.1 Å². The van der Waals surface area contributed by atoms with E-state index in [0.717, 1.165) is 24.3 Å². The molecule has 2 N–H and O–H groups in total. The van der Waals surface area contributed by atoms with Crippen LogP contribution in [-0.2, 0) is 11.0 Å². The minimum absolute atomic E-state index is 0.0497. The van der Waals surface area contributed by atoms with Gasteiger partial charge in [0, 0.05) is 6.07 Å². The van der Waals surface area contributed by atoms with Crippen LogP contribution < -0.4 is 19.5 Å². The first-order valence-electron chi connectivity index (χ1n) is 8.76. The summed E-state index contributed by atoms with van der Waals surface area (Å²) in [5, 5.41) is 12.4. The van der Waals surface area contributed by atoms with Gasteiger partial charge in [0.1, 0.15) is 19.0 Å². The number of aliphatic hydroxyl groups excluding tert-OH is 1. The van der Waals surface area contributed by atoms with Gasteiger partial charge in [0.15, 0.2) is 17.6 Å². The highest BCUT2D eigenvalue weighted by Crippen LogP contribution is 2.31. The number of rotatable bonds is 9. The van der Waals surface area contributed by atoms with Crippen molar-refractivity contribution in [2.75, 3.05) is 26.9 Å². The zero-order chi connectivity index (χ0) is 22.1. The Bertz CT molecular complexity index is 891. The summed E-state index contributed by atoms with van der Waals surface area (Å²) in [5.41, 5.74) is -0.813. The number of terminal acetylenes is 1. The second kappa shape index (κ2) is 10.4. The Morgan fingerprint density at radius 1 is 1.17 bits per heavy atom. The SMILES string of the molecule is C#CCOc1ccc(OCCNC(=O)C(O)c2ccc(C(F)(F)F)cc2)cc1OC. The zero-order valence-electron chi connectivity index (χ0n) is 16.0. The van der Waals surface area contributed by atoms with E-state index in [4.69, 9.17) is 20.6 Å². The summed E-state index contributed by atoms with van der Waals surface area (Å²) in [7, 11) is 1.46. The zero-order valence-corrected chi connectivity index (χ0v) is 16.0. The van der Waals surface area contributed by atoms with Crippen molar-refractivity contribution >= 4 is 5.91 Å². The number of benzene rings is 2. The summed E-state index contributed by atoms with van der Waals surface area (Å²) in [6.07, 6.45) is -0.939. The number of amides is 1. The lowest BCUT2D eigenvalue weighted by Crippen LogP contribution is -2.32. The Hall–Kier alpha value is -3.38. The smallest absolute Gasteiger partial charge is 0.416 e. The average Bonchev–Trinajstić information content (AvgIpc) is 2.74. The van der Waals surface area contributed by atoms with E-state index in [1.54, 1.807) is 18.2 Å². The predicted octanol–water partition coefficient (Wildman–Crippen LogP) is 2.95. The molecule has 0 bridgehead atoms. The van der Waals surface area contributed by atoms with E-state index in [1.807, 2.05) is 0 Å². The van der Waals surface area contributed by atoms with E-state index in [-0.39, 0.29) is 25.3 Å². The highest BCUT2D eigenvalue weighted by atomic mass is 19.4. The Morgan fingerprint density at radius 2 is 1.87 bits per heavy atom. The first-order valence-corrected chi connectivity index (χ1v) is 8.76. The van der Waals surface area contributed by atoms with Crippen LogP contribution in [0.3, 0.4) is 0 Å². The van der Waals surface area contributed by atoms with Crippen molar-refractivity contribution < 1.29 is 37.3 Å². The van der Waals surface area contributed by atoms with Crippen molar-refractivity contribution in [2.24, 2.45) is 0 Å². The van der Waals surface area contributed by atoms with Gasteiger partial charge < -0.3 is 24.6 Å². The number of hydrogen-bond donors (Lipinski definition) is 2. The lowest BCUT2D eigenvalue weighted by atomic mass is 10.1. The summed E-state index contributed by atoms with van der Waals surface area (Å²) in [6.45, 7) is 0.233. The highest BCUT2D eigenvalue weighted by Gasteiger charge is 2.30. The minimum atomic E-state index is -4.49. The molecular formula is C21H20F3NO5. The number of hydrogen-bond acceptors (Lipinski definition) is 5. The molecule has 0 heterocycles. The maximum Gasteiger partial charge on any atom is 0.416 e. The van der Waals surface area contributed by atoms with Crippen molar-refractivity contribution in [2.45, 2.75) is 12.3 Å². The maximum absolute atomic E-state index is 12.6. The molecule has 0 aliphatic carbocycles. The molecular weight excluding hydrogens is 403 g/mol. The summed E-state index contributed by atoms with van der Waals surface area (Å²) >= 11 is 0. The minimum Gasteiger partial charge on any atom is -0.493 e. The Labute approximate surface area is 171 Å². The van der Waals surface area contributed by atoms with Gasteiger partial charge in [0.2, 0.25) is 0 Å². The van der Waals surface area contributed by atoms with Crippen LogP contribution in [0.4, 0.5) is 13.2 Å². The van der Waals surface area contributed by atoms with E-state index in [9.17, 15) is 23.1 Å². The second-order valence-corrected chi connectivity index (χ2v) is 5.97. The fourth-order valence-corrected chi connectivity index (χ4v) is 2.42. The molecule has 1 amide bonds. The van der Waals surface area contributed by atoms with E-state index in [2.05, 4.69) is 11.2 Å². The standard InChI is InChI=1S/C21H20F3NO5/c1-3-11-30-17-9-8-16(13-18(17)28-2)29-12-10-25-20(27)19(26)14-4-6-15(7-5-14)21(22,23)24/h1,4-9,13,19,26H,10-12H2,2H3,(H,25,27). The lowest BCUT2D eigenvalue weighted by Gasteiger charge is -2.14. The molecule has 1 atom stereocenters. The third kappa shape index (κ3) is 6.32. The van der Waals surface area contributed by atoms with Crippen LogP contribution in [0.5, 0.6) is 17.2 Å². The number of halogens is 3. The number of methoxy groups -OCH3 is 1. The molecule has 30 heavy (non-hydrogen) atoms. The molecule has 0 radical (unpaired) electrons. The Morgan fingerprint density at radius 3 is 2.47 bits per heavy atom. The number of carbonyl (C=O) groups excluding carboxylic acids is 1. The number of alkyl halides is 3. The van der Waals surface area contributed by atoms with Gasteiger partial charge in [-0.05, 0) is 29.8 Å². The average molecular weight is 423 g/mol. The Kier molecular flexibility index (Phi) is 7.95. The van der Waals surface area contributed by atoms with Gasteiger partial charge in [-0.3, -0.25) is 4.79 Å². The van der Waals surface area contributed by atoms with Crippen molar-refractivity contribution in [3.05, 3.63) is 53.6 Å². The largest absolute Gasteiger partial charge is 0.493 e. The van der Waals surface area contributed by atoms with E-state index < -0.39 is 23.8 Å².